The van der Waals surface area contributed by atoms with Crippen LogP contribution in [0.25, 0.3) is 0 Å². The molecule has 1 aromatic rings. The first-order valence-corrected chi connectivity index (χ1v) is 9.39. The number of ether oxygens (including phenoxy) is 1. The highest BCUT2D eigenvalue weighted by Gasteiger charge is 2.34. The number of aromatic amines is 1. The minimum absolute atomic E-state index is 0.279. The van der Waals surface area contributed by atoms with Gasteiger partial charge in [0.25, 0.3) is 5.56 Å². The van der Waals surface area contributed by atoms with Gasteiger partial charge in [0.1, 0.15) is 6.10 Å². The van der Waals surface area contributed by atoms with Crippen LogP contribution in [0.15, 0.2) is 27.9 Å². The van der Waals surface area contributed by atoms with E-state index in [0.29, 0.717) is 0 Å². The molecule has 24 heavy (non-hydrogen) atoms. The molecule has 0 amide bonds. The number of hydrogen-bond donors (Lipinski definition) is 4. The molecule has 14 heteroatoms. The second kappa shape index (κ2) is 6.87. The summed E-state index contributed by atoms with van der Waals surface area (Å²) in [6, 6.07) is 0. The van der Waals surface area contributed by atoms with E-state index in [9.17, 15) is 18.7 Å². The zero-order valence-corrected chi connectivity index (χ0v) is 13.9. The van der Waals surface area contributed by atoms with E-state index < -0.39 is 45.8 Å². The average Bonchev–Trinajstić information content (AvgIpc) is 2.87. The van der Waals surface area contributed by atoms with E-state index in [1.807, 2.05) is 0 Å². The van der Waals surface area contributed by atoms with E-state index in [2.05, 4.69) is 13.8 Å². The van der Waals surface area contributed by atoms with Gasteiger partial charge in [0, 0.05) is 11.8 Å². The number of nitrogens with zero attached hydrogens (tertiary/aromatic N) is 1. The summed E-state index contributed by atoms with van der Waals surface area (Å²) < 4.78 is 36.4. The van der Waals surface area contributed by atoms with Gasteiger partial charge in [0.2, 0.25) is 0 Å². The van der Waals surface area contributed by atoms with Crippen molar-refractivity contribution in [2.75, 3.05) is 6.61 Å². The van der Waals surface area contributed by atoms with Gasteiger partial charge < -0.3 is 19.4 Å². The van der Waals surface area contributed by atoms with Crippen LogP contribution in [0, 0.1) is 6.92 Å². The molecule has 3 atom stereocenters. The molecule has 0 saturated carbocycles. The van der Waals surface area contributed by atoms with Crippen molar-refractivity contribution in [1.29, 1.82) is 0 Å². The second-order valence-corrected chi connectivity index (χ2v) is 7.59. The van der Waals surface area contributed by atoms with Crippen molar-refractivity contribution in [3.63, 3.8) is 0 Å². The van der Waals surface area contributed by atoms with Crippen LogP contribution >= 0.6 is 15.6 Å². The molecule has 0 aliphatic carbocycles. The van der Waals surface area contributed by atoms with Crippen LogP contribution in [0.2, 0.25) is 0 Å². The molecule has 0 radical (unpaired) electrons. The smallest absolute Gasteiger partial charge is 0.344 e. The van der Waals surface area contributed by atoms with Gasteiger partial charge in [-0.15, -0.1) is 0 Å². The molecule has 2 heterocycles. The van der Waals surface area contributed by atoms with E-state index in [0.717, 1.165) is 4.57 Å². The third-order valence-electron chi connectivity index (χ3n) is 2.84. The number of phosphoric ester groups is 1. The summed E-state index contributed by atoms with van der Waals surface area (Å²) in [7, 11) is -10.2. The number of aromatic nitrogens is 2. The van der Waals surface area contributed by atoms with E-state index >= 15 is 0 Å². The summed E-state index contributed by atoms with van der Waals surface area (Å²) in [5, 5.41) is 0. The molecule has 0 saturated heterocycles. The van der Waals surface area contributed by atoms with E-state index in [-0.39, 0.29) is 5.56 Å². The normalized spacial score (nSPS) is 23.3. The average molecular weight is 384 g/mol. The van der Waals surface area contributed by atoms with E-state index in [4.69, 9.17) is 19.4 Å². The molecule has 0 aromatic carbocycles. The third-order valence-corrected chi connectivity index (χ3v) is 4.99. The van der Waals surface area contributed by atoms with Gasteiger partial charge in [-0.1, -0.05) is 6.08 Å². The topological polar surface area (TPSA) is 177 Å². The maximum absolute atomic E-state index is 11.7. The van der Waals surface area contributed by atoms with Crippen molar-refractivity contribution in [2.24, 2.45) is 0 Å². The summed E-state index contributed by atoms with van der Waals surface area (Å²) in [5.74, 6) is 0. The first kappa shape index (κ1) is 19.0. The number of nitrogens with one attached hydrogen (secondary N) is 1. The number of hydrogen-bond acceptors (Lipinski definition) is 7. The lowest BCUT2D eigenvalue weighted by molar-refractivity contribution is -0.0105. The molecule has 12 nitrogen and oxygen atoms in total. The van der Waals surface area contributed by atoms with Crippen LogP contribution in [0.3, 0.4) is 0 Å². The van der Waals surface area contributed by atoms with Crippen LogP contribution in [0.5, 0.6) is 0 Å². The Kier molecular flexibility index (Phi) is 5.43. The SMILES string of the molecule is Cc1cn([C@H]2C=C[C@@H](COP(=O)(O)OP(=O)(O)O)O2)c(=O)[nH]c1=O. The Morgan fingerprint density at radius 3 is 2.58 bits per heavy atom. The lowest BCUT2D eigenvalue weighted by Crippen LogP contribution is -2.33. The van der Waals surface area contributed by atoms with Crippen LogP contribution in [0.1, 0.15) is 11.8 Å². The van der Waals surface area contributed by atoms with Gasteiger partial charge in [0.15, 0.2) is 6.23 Å². The molecule has 0 fully saturated rings. The summed E-state index contributed by atoms with van der Waals surface area (Å²) in [6.07, 6.45) is 2.37. The largest absolute Gasteiger partial charge is 0.481 e. The van der Waals surface area contributed by atoms with Crippen molar-refractivity contribution in [3.05, 3.63) is 44.8 Å². The van der Waals surface area contributed by atoms with Crippen molar-refractivity contribution >= 4 is 15.6 Å². The molecule has 0 spiro atoms. The van der Waals surface area contributed by atoms with Crippen molar-refractivity contribution in [3.8, 4) is 0 Å². The van der Waals surface area contributed by atoms with Crippen molar-refractivity contribution in [1.82, 2.24) is 9.55 Å². The molecular formula is C10H14N2O10P2. The molecule has 4 N–H and O–H groups in total. The van der Waals surface area contributed by atoms with Crippen LogP contribution < -0.4 is 11.2 Å². The molecule has 1 aliphatic rings. The minimum atomic E-state index is -5.20. The minimum Gasteiger partial charge on any atom is -0.344 e. The van der Waals surface area contributed by atoms with Crippen molar-refractivity contribution in [2.45, 2.75) is 19.3 Å². The molecule has 1 unspecified atom stereocenters. The summed E-state index contributed by atoms with van der Waals surface area (Å²) in [6.45, 7) is 0.938. The van der Waals surface area contributed by atoms with Gasteiger partial charge in [-0.2, -0.15) is 4.31 Å². The first-order chi connectivity index (χ1) is 11.0. The Balaban J connectivity index is 2.00. The maximum Gasteiger partial charge on any atom is 0.481 e. The molecule has 1 aliphatic heterocycles. The fourth-order valence-electron chi connectivity index (χ4n) is 1.84. The van der Waals surface area contributed by atoms with E-state index in [1.54, 1.807) is 0 Å². The lowest BCUT2D eigenvalue weighted by Gasteiger charge is -2.18. The number of phosphoric acid groups is 2. The van der Waals surface area contributed by atoms with Crippen LogP contribution in [-0.4, -0.2) is 36.9 Å². The predicted molar refractivity (Wildman–Crippen MR) is 78.0 cm³/mol. The van der Waals surface area contributed by atoms with Gasteiger partial charge >= 0.3 is 21.3 Å². The Morgan fingerprint density at radius 1 is 1.29 bits per heavy atom. The first-order valence-electron chi connectivity index (χ1n) is 6.37. The molecule has 0 bridgehead atoms. The van der Waals surface area contributed by atoms with Crippen LogP contribution in [-0.2, 0) is 22.7 Å². The summed E-state index contributed by atoms with van der Waals surface area (Å²) in [4.78, 5) is 51.2. The van der Waals surface area contributed by atoms with Gasteiger partial charge in [-0.05, 0) is 13.0 Å². The zero-order chi connectivity index (χ0) is 18.1. The standard InChI is InChI=1S/C10H14N2O10P2/c1-6-4-12(10(14)11-9(6)13)8-3-2-7(21-8)5-20-24(18,19)22-23(15,16)17/h2-4,7-8H,5H2,1H3,(H,18,19)(H,11,13,14)(H2,15,16,17)/t7-,8+/m0/s1. The molecule has 1 aromatic heterocycles. The highest BCUT2D eigenvalue weighted by Crippen LogP contribution is 2.57. The monoisotopic (exact) mass is 384 g/mol. The zero-order valence-electron chi connectivity index (χ0n) is 12.1. The summed E-state index contributed by atoms with van der Waals surface area (Å²) in [5.41, 5.74) is -0.963. The van der Waals surface area contributed by atoms with Gasteiger partial charge in [-0.25, -0.2) is 13.9 Å². The third kappa shape index (κ3) is 5.07. The lowest BCUT2D eigenvalue weighted by atomic mass is 10.3. The number of H-pyrrole nitrogens is 1. The highest BCUT2D eigenvalue weighted by atomic mass is 31.3. The fourth-order valence-corrected chi connectivity index (χ4v) is 3.44. The Labute approximate surface area is 134 Å². The second-order valence-electron chi connectivity index (χ2n) is 4.77. The molecule has 134 valence electrons. The Hall–Kier alpha value is -1.36. The maximum atomic E-state index is 11.7. The van der Waals surface area contributed by atoms with Crippen molar-refractivity contribution < 1.29 is 37.4 Å². The van der Waals surface area contributed by atoms with Crippen LogP contribution in [0.4, 0.5) is 0 Å². The molecule has 2 rings (SSSR count). The highest BCUT2D eigenvalue weighted by molar-refractivity contribution is 7.60. The Morgan fingerprint density at radius 2 is 1.96 bits per heavy atom. The van der Waals surface area contributed by atoms with E-state index in [1.165, 1.54) is 25.3 Å². The number of rotatable bonds is 6. The number of aryl methyl sites for hydroxylation is 1. The molecular weight excluding hydrogens is 370 g/mol. The van der Waals surface area contributed by atoms with Gasteiger partial charge in [0.05, 0.1) is 6.61 Å². The fraction of sp³-hybridized carbons (Fsp3) is 0.400. The van der Waals surface area contributed by atoms with Gasteiger partial charge in [-0.3, -0.25) is 18.9 Å². The predicted octanol–water partition coefficient (Wildman–Crippen LogP) is -0.475. The Bertz CT molecular complexity index is 852. The summed E-state index contributed by atoms with van der Waals surface area (Å²) >= 11 is 0. The quantitative estimate of drug-likeness (QED) is 0.370.